The Balaban J connectivity index is 2.86. The molecule has 0 aromatic carbocycles. The van der Waals surface area contributed by atoms with Crippen LogP contribution in [0.15, 0.2) is 12.3 Å². The summed E-state index contributed by atoms with van der Waals surface area (Å²) in [5, 5.41) is -0.360. The molecule has 0 fully saturated rings. The van der Waals surface area contributed by atoms with Gasteiger partial charge >= 0.3 is 12.1 Å². The van der Waals surface area contributed by atoms with Gasteiger partial charge in [-0.05, 0) is 6.07 Å². The van der Waals surface area contributed by atoms with Crippen LogP contribution >= 0.6 is 11.6 Å². The smallest absolute Gasteiger partial charge is 0.420 e. The molecule has 5 nitrogen and oxygen atoms in total. The minimum absolute atomic E-state index is 0.239. The molecule has 20 heavy (non-hydrogen) atoms. The molecule has 0 saturated heterocycles. The van der Waals surface area contributed by atoms with Crippen molar-refractivity contribution in [2.24, 2.45) is 0 Å². The zero-order valence-electron chi connectivity index (χ0n) is 9.86. The Labute approximate surface area is 114 Å². The van der Waals surface area contributed by atoms with Gasteiger partial charge < -0.3 is 4.74 Å². The Morgan fingerprint density at radius 1 is 1.50 bits per heavy atom. The van der Waals surface area contributed by atoms with Gasteiger partial charge in [-0.2, -0.15) is 13.2 Å². The molecule has 0 bridgehead atoms. The van der Waals surface area contributed by atoms with Crippen molar-refractivity contribution in [2.75, 3.05) is 7.11 Å². The van der Waals surface area contributed by atoms with Gasteiger partial charge in [-0.25, -0.2) is 9.78 Å². The van der Waals surface area contributed by atoms with Gasteiger partial charge in [0.15, 0.2) is 17.6 Å². The largest absolute Gasteiger partial charge is 0.464 e. The third kappa shape index (κ3) is 2.22. The van der Waals surface area contributed by atoms with Crippen LogP contribution in [0.25, 0.3) is 5.65 Å². The van der Waals surface area contributed by atoms with E-state index < -0.39 is 29.1 Å². The van der Waals surface area contributed by atoms with Crippen molar-refractivity contribution in [1.82, 2.24) is 9.38 Å². The highest BCUT2D eigenvalue weighted by atomic mass is 35.5. The number of ether oxygens (including phenoxy) is 1. The Morgan fingerprint density at radius 2 is 2.15 bits per heavy atom. The van der Waals surface area contributed by atoms with E-state index >= 15 is 0 Å². The molecule has 2 rings (SSSR count). The van der Waals surface area contributed by atoms with Crippen LogP contribution in [0.3, 0.4) is 0 Å². The minimum Gasteiger partial charge on any atom is -0.464 e. The van der Waals surface area contributed by atoms with Crippen LogP contribution in [0.5, 0.6) is 0 Å². The van der Waals surface area contributed by atoms with Gasteiger partial charge in [0.05, 0.1) is 12.7 Å². The normalized spacial score (nSPS) is 11.7. The maximum atomic E-state index is 12.9. The number of hydrogen-bond donors (Lipinski definition) is 0. The first-order chi connectivity index (χ1) is 9.29. The summed E-state index contributed by atoms with van der Waals surface area (Å²) in [6, 6.07) is 0.632. The summed E-state index contributed by atoms with van der Waals surface area (Å²) in [5.41, 5.74) is -2.45. The van der Waals surface area contributed by atoms with Crippen molar-refractivity contribution < 1.29 is 27.5 Å². The summed E-state index contributed by atoms with van der Waals surface area (Å²) in [7, 11) is 1.05. The predicted molar refractivity (Wildman–Crippen MR) is 61.9 cm³/mol. The molecule has 0 aliphatic carbocycles. The van der Waals surface area contributed by atoms with Gasteiger partial charge in [0, 0.05) is 11.8 Å². The summed E-state index contributed by atoms with van der Waals surface area (Å²) >= 11 is 5.80. The number of carbonyl (C=O) groups is 2. The van der Waals surface area contributed by atoms with Gasteiger partial charge in [0.2, 0.25) is 0 Å². The molecule has 0 aliphatic rings. The Morgan fingerprint density at radius 3 is 2.65 bits per heavy atom. The molecule has 0 unspecified atom stereocenters. The molecule has 2 aromatic rings. The van der Waals surface area contributed by atoms with E-state index in [1.807, 2.05) is 0 Å². The van der Waals surface area contributed by atoms with Crippen LogP contribution in [-0.4, -0.2) is 28.7 Å². The van der Waals surface area contributed by atoms with Crippen LogP contribution in [0.1, 0.15) is 26.4 Å². The lowest BCUT2D eigenvalue weighted by molar-refractivity contribution is -0.136. The first-order valence-electron chi connectivity index (χ1n) is 5.12. The zero-order valence-corrected chi connectivity index (χ0v) is 10.6. The van der Waals surface area contributed by atoms with E-state index in [4.69, 9.17) is 11.6 Å². The molecule has 0 amide bonds. The monoisotopic (exact) mass is 306 g/mol. The average Bonchev–Trinajstić information content (AvgIpc) is 2.73. The van der Waals surface area contributed by atoms with E-state index in [1.165, 1.54) is 0 Å². The predicted octanol–water partition coefficient (Wildman–Crippen LogP) is 2.61. The number of alkyl halides is 3. The van der Waals surface area contributed by atoms with Crippen LogP contribution in [-0.2, 0) is 10.9 Å². The quantitative estimate of drug-likeness (QED) is 0.632. The molecule has 0 aliphatic heterocycles. The second-order valence-electron chi connectivity index (χ2n) is 3.74. The highest BCUT2D eigenvalue weighted by molar-refractivity contribution is 6.32. The third-order valence-corrected chi connectivity index (χ3v) is 2.86. The number of imidazole rings is 1. The second kappa shape index (κ2) is 4.78. The van der Waals surface area contributed by atoms with Crippen molar-refractivity contribution in [3.63, 3.8) is 0 Å². The van der Waals surface area contributed by atoms with Gasteiger partial charge in [-0.1, -0.05) is 11.6 Å². The van der Waals surface area contributed by atoms with Gasteiger partial charge in [0.1, 0.15) is 5.15 Å². The van der Waals surface area contributed by atoms with Crippen molar-refractivity contribution in [3.05, 3.63) is 34.2 Å². The molecule has 9 heteroatoms. The van der Waals surface area contributed by atoms with E-state index in [2.05, 4.69) is 9.72 Å². The lowest BCUT2D eigenvalue weighted by atomic mass is 10.2. The Hall–Kier alpha value is -2.09. The topological polar surface area (TPSA) is 60.7 Å². The maximum absolute atomic E-state index is 12.9. The number of carbonyl (C=O) groups excluding carboxylic acids is 2. The Bertz CT molecular complexity index is 709. The third-order valence-electron chi connectivity index (χ3n) is 2.50. The number of nitrogens with zero attached hydrogens (tertiary/aromatic N) is 2. The summed E-state index contributed by atoms with van der Waals surface area (Å²) < 4.78 is 44.0. The van der Waals surface area contributed by atoms with E-state index in [0.29, 0.717) is 6.07 Å². The fourth-order valence-electron chi connectivity index (χ4n) is 1.64. The van der Waals surface area contributed by atoms with E-state index in [1.54, 1.807) is 0 Å². The van der Waals surface area contributed by atoms with E-state index in [-0.39, 0.29) is 17.0 Å². The second-order valence-corrected chi connectivity index (χ2v) is 4.10. The van der Waals surface area contributed by atoms with E-state index in [0.717, 1.165) is 17.7 Å². The number of fused-ring (bicyclic) bond motifs is 1. The van der Waals surface area contributed by atoms with Crippen molar-refractivity contribution in [1.29, 1.82) is 0 Å². The first-order valence-corrected chi connectivity index (χ1v) is 5.49. The number of rotatable bonds is 2. The summed E-state index contributed by atoms with van der Waals surface area (Å²) in [5.74, 6) is -0.973. The maximum Gasteiger partial charge on any atom is 0.420 e. The van der Waals surface area contributed by atoms with Crippen LogP contribution < -0.4 is 0 Å². The van der Waals surface area contributed by atoms with Crippen LogP contribution in [0.2, 0.25) is 5.15 Å². The number of halogens is 4. The first kappa shape index (κ1) is 14.3. The molecule has 0 saturated carbocycles. The number of esters is 1. The summed E-state index contributed by atoms with van der Waals surface area (Å²) in [6.07, 6.45) is -3.45. The molecule has 0 radical (unpaired) electrons. The average molecular weight is 307 g/mol. The highest BCUT2D eigenvalue weighted by Crippen LogP contribution is 2.34. The summed E-state index contributed by atoms with van der Waals surface area (Å²) in [4.78, 5) is 25.6. The molecule has 0 atom stereocenters. The molecular formula is C11H6ClF3N2O3. The van der Waals surface area contributed by atoms with Crippen molar-refractivity contribution >= 4 is 29.5 Å². The SMILES string of the molecule is COC(=O)c1nc2c(C(F)(F)F)cc(C=O)cn2c1Cl. The fourth-order valence-corrected chi connectivity index (χ4v) is 1.89. The number of aromatic nitrogens is 2. The fraction of sp³-hybridized carbons (Fsp3) is 0.182. The molecular weight excluding hydrogens is 301 g/mol. The van der Waals surface area contributed by atoms with Crippen molar-refractivity contribution in [3.8, 4) is 0 Å². The minimum atomic E-state index is -4.75. The van der Waals surface area contributed by atoms with Crippen LogP contribution in [0, 0.1) is 0 Å². The standard InChI is InChI=1S/C11H6ClF3N2O3/c1-20-10(19)7-8(12)17-3-5(4-18)2-6(9(17)16-7)11(13,14)15/h2-4H,1H3. The number of pyridine rings is 1. The van der Waals surface area contributed by atoms with Crippen molar-refractivity contribution in [2.45, 2.75) is 6.18 Å². The van der Waals surface area contributed by atoms with Gasteiger partial charge in [-0.3, -0.25) is 9.20 Å². The Kier molecular flexibility index (Phi) is 3.43. The molecule has 0 N–H and O–H groups in total. The number of hydrogen-bond acceptors (Lipinski definition) is 4. The van der Waals surface area contributed by atoms with Gasteiger partial charge in [-0.15, -0.1) is 0 Å². The summed E-state index contributed by atoms with van der Waals surface area (Å²) in [6.45, 7) is 0. The molecule has 0 spiro atoms. The molecule has 106 valence electrons. The molecule has 2 aromatic heterocycles. The lowest BCUT2D eigenvalue weighted by Gasteiger charge is -2.08. The van der Waals surface area contributed by atoms with E-state index in [9.17, 15) is 22.8 Å². The number of methoxy groups -OCH3 is 1. The van der Waals surface area contributed by atoms with Gasteiger partial charge in [0.25, 0.3) is 0 Å². The lowest BCUT2D eigenvalue weighted by Crippen LogP contribution is -2.09. The molecule has 2 heterocycles. The highest BCUT2D eigenvalue weighted by Gasteiger charge is 2.36. The van der Waals surface area contributed by atoms with Crippen LogP contribution in [0.4, 0.5) is 13.2 Å². The number of aldehydes is 1. The zero-order chi connectivity index (χ0) is 15.1.